The number of likely N-dealkylation sites (N-methyl/N-ethyl adjacent to an activating group) is 1. The third-order valence-electron chi connectivity index (χ3n) is 4.67. The third kappa shape index (κ3) is 4.51. The number of rotatable bonds is 5. The van der Waals surface area contributed by atoms with Crippen molar-refractivity contribution in [3.8, 4) is 0 Å². The van der Waals surface area contributed by atoms with Crippen LogP contribution in [0.1, 0.15) is 48.3 Å². The van der Waals surface area contributed by atoms with Crippen molar-refractivity contribution in [3.05, 3.63) is 40.8 Å². The Bertz CT molecular complexity index is 829. The highest BCUT2D eigenvalue weighted by Crippen LogP contribution is 2.22. The molecule has 144 valence electrons. The second-order valence-corrected chi connectivity index (χ2v) is 7.49. The summed E-state index contributed by atoms with van der Waals surface area (Å²) in [5, 5.41) is 0.286. The van der Waals surface area contributed by atoms with E-state index in [0.29, 0.717) is 37.1 Å². The summed E-state index contributed by atoms with van der Waals surface area (Å²) < 4.78 is 0. The van der Waals surface area contributed by atoms with E-state index in [2.05, 4.69) is 24.8 Å². The van der Waals surface area contributed by atoms with E-state index in [1.807, 2.05) is 20.9 Å². The van der Waals surface area contributed by atoms with Crippen LogP contribution in [0.3, 0.4) is 0 Å². The van der Waals surface area contributed by atoms with Crippen LogP contribution in [-0.4, -0.2) is 61.8 Å². The molecule has 1 atom stereocenters. The van der Waals surface area contributed by atoms with Gasteiger partial charge in [-0.05, 0) is 19.5 Å². The molecule has 3 rings (SSSR count). The van der Waals surface area contributed by atoms with E-state index in [1.54, 1.807) is 17.2 Å². The van der Waals surface area contributed by atoms with Gasteiger partial charge in [0.15, 0.2) is 5.69 Å². The van der Waals surface area contributed by atoms with Gasteiger partial charge in [0.2, 0.25) is 0 Å². The lowest BCUT2D eigenvalue weighted by atomic mass is 10.2. The summed E-state index contributed by atoms with van der Waals surface area (Å²) >= 11 is 6.18. The van der Waals surface area contributed by atoms with Crippen molar-refractivity contribution < 1.29 is 4.79 Å². The maximum Gasteiger partial charge on any atom is 0.274 e. The van der Waals surface area contributed by atoms with Crippen molar-refractivity contribution in [1.82, 2.24) is 29.7 Å². The Kier molecular flexibility index (Phi) is 5.86. The maximum atomic E-state index is 12.9. The summed E-state index contributed by atoms with van der Waals surface area (Å²) in [6.07, 6.45) is 4.03. The highest BCUT2D eigenvalue weighted by atomic mass is 35.5. The minimum absolute atomic E-state index is 0.129. The number of carbonyl (C=O) groups excluding carboxylic acids is 1. The van der Waals surface area contributed by atoms with E-state index in [1.165, 1.54) is 6.20 Å². The van der Waals surface area contributed by atoms with Crippen molar-refractivity contribution >= 4 is 23.3 Å². The monoisotopic (exact) mass is 389 g/mol. The maximum absolute atomic E-state index is 12.9. The molecule has 27 heavy (non-hydrogen) atoms. The lowest BCUT2D eigenvalue weighted by molar-refractivity contribution is 0.0773. The van der Waals surface area contributed by atoms with Crippen LogP contribution in [0.5, 0.6) is 0 Å². The van der Waals surface area contributed by atoms with Crippen LogP contribution >= 0.6 is 11.6 Å². The van der Waals surface area contributed by atoms with Crippen LogP contribution in [0.15, 0.2) is 18.5 Å². The van der Waals surface area contributed by atoms with Gasteiger partial charge in [0.1, 0.15) is 17.5 Å². The van der Waals surface area contributed by atoms with Gasteiger partial charge in [0.25, 0.3) is 5.91 Å². The zero-order valence-corrected chi connectivity index (χ0v) is 16.5. The smallest absolute Gasteiger partial charge is 0.274 e. The molecule has 1 unspecified atom stereocenters. The molecule has 0 saturated carbocycles. The Labute approximate surface area is 163 Å². The molecular weight excluding hydrogens is 366 g/mol. The molecule has 0 radical (unpaired) electrons. The van der Waals surface area contributed by atoms with Gasteiger partial charge in [-0.25, -0.2) is 19.9 Å². The average Bonchev–Trinajstić information content (AvgIpc) is 3.11. The Morgan fingerprint density at radius 2 is 2.19 bits per heavy atom. The van der Waals surface area contributed by atoms with Gasteiger partial charge in [0.05, 0.1) is 17.8 Å². The van der Waals surface area contributed by atoms with Crippen molar-refractivity contribution in [3.63, 3.8) is 0 Å². The normalized spacial score (nSPS) is 17.1. The van der Waals surface area contributed by atoms with Crippen LogP contribution in [0.4, 0.5) is 5.82 Å². The number of halogens is 1. The minimum Gasteiger partial charge on any atom is -0.384 e. The molecule has 0 aromatic carbocycles. The number of hydrogen-bond acceptors (Lipinski definition) is 7. The molecule has 1 saturated heterocycles. The third-order valence-corrected chi connectivity index (χ3v) is 4.95. The van der Waals surface area contributed by atoms with Crippen molar-refractivity contribution in [1.29, 1.82) is 0 Å². The lowest BCUT2D eigenvalue weighted by Crippen LogP contribution is -2.37. The Hall–Kier alpha value is -2.32. The summed E-state index contributed by atoms with van der Waals surface area (Å²) in [5.41, 5.74) is 5.99. The van der Waals surface area contributed by atoms with Gasteiger partial charge < -0.3 is 10.6 Å². The molecule has 2 aromatic heterocycles. The fourth-order valence-corrected chi connectivity index (χ4v) is 3.26. The minimum atomic E-state index is -0.152. The molecule has 1 amide bonds. The molecule has 8 nitrogen and oxygen atoms in total. The number of anilines is 1. The highest BCUT2D eigenvalue weighted by molar-refractivity contribution is 6.33. The molecule has 0 aliphatic carbocycles. The summed E-state index contributed by atoms with van der Waals surface area (Å²) in [6, 6.07) is 1.88. The van der Waals surface area contributed by atoms with Gasteiger partial charge >= 0.3 is 0 Å². The van der Waals surface area contributed by atoms with E-state index >= 15 is 0 Å². The van der Waals surface area contributed by atoms with Gasteiger partial charge in [-0.1, -0.05) is 25.4 Å². The summed E-state index contributed by atoms with van der Waals surface area (Å²) in [6.45, 7) is 5.80. The number of hydrogen-bond donors (Lipinski definition) is 1. The zero-order chi connectivity index (χ0) is 19.6. The van der Waals surface area contributed by atoms with Crippen molar-refractivity contribution in [2.24, 2.45) is 0 Å². The van der Waals surface area contributed by atoms with E-state index in [4.69, 9.17) is 17.3 Å². The number of nitrogen functional groups attached to an aromatic ring is 1. The Morgan fingerprint density at radius 3 is 2.89 bits per heavy atom. The molecule has 3 heterocycles. The van der Waals surface area contributed by atoms with Crippen LogP contribution in [0, 0.1) is 0 Å². The van der Waals surface area contributed by atoms with Crippen LogP contribution in [0.25, 0.3) is 0 Å². The van der Waals surface area contributed by atoms with Crippen LogP contribution < -0.4 is 5.73 Å². The van der Waals surface area contributed by atoms with E-state index in [-0.39, 0.29) is 28.6 Å². The standard InChI is InChI=1S/C18H24ClN7O/c1-11(2)17-22-8-13(19)16(24-17)18(27)26-7-5-12(9-26)25(3)10-15-21-6-4-14(20)23-15/h4,6,8,11-12H,5,7,9-10H2,1-3H3,(H2,20,21,23). The molecular formula is C18H24ClN7O. The quantitative estimate of drug-likeness (QED) is 0.834. The van der Waals surface area contributed by atoms with Crippen molar-refractivity contribution in [2.75, 3.05) is 25.9 Å². The lowest BCUT2D eigenvalue weighted by Gasteiger charge is -2.24. The average molecular weight is 390 g/mol. The fraction of sp³-hybridized carbons (Fsp3) is 0.500. The Balaban J connectivity index is 1.67. The zero-order valence-electron chi connectivity index (χ0n) is 15.8. The number of likely N-dealkylation sites (tertiary alicyclic amines) is 1. The number of nitrogens with zero attached hydrogens (tertiary/aromatic N) is 6. The highest BCUT2D eigenvalue weighted by Gasteiger charge is 2.31. The topological polar surface area (TPSA) is 101 Å². The van der Waals surface area contributed by atoms with Gasteiger partial charge in [0, 0.05) is 31.2 Å². The molecule has 0 bridgehead atoms. The number of aromatic nitrogens is 4. The van der Waals surface area contributed by atoms with Gasteiger partial charge in [-0.2, -0.15) is 0 Å². The first kappa shape index (κ1) is 19.4. The van der Waals surface area contributed by atoms with Gasteiger partial charge in [-0.3, -0.25) is 9.69 Å². The second-order valence-electron chi connectivity index (χ2n) is 7.09. The number of nitrogens with two attached hydrogens (primary N) is 1. The first-order valence-corrected chi connectivity index (χ1v) is 9.32. The van der Waals surface area contributed by atoms with Crippen molar-refractivity contribution in [2.45, 2.75) is 38.8 Å². The first-order chi connectivity index (χ1) is 12.8. The van der Waals surface area contributed by atoms with E-state index < -0.39 is 0 Å². The fourth-order valence-electron chi connectivity index (χ4n) is 3.09. The first-order valence-electron chi connectivity index (χ1n) is 8.94. The molecule has 0 spiro atoms. The Morgan fingerprint density at radius 1 is 1.41 bits per heavy atom. The molecule has 1 fully saturated rings. The second kappa shape index (κ2) is 8.14. The van der Waals surface area contributed by atoms with Gasteiger partial charge in [-0.15, -0.1) is 0 Å². The number of amides is 1. The summed E-state index contributed by atoms with van der Waals surface area (Å²) in [4.78, 5) is 33.9. The predicted molar refractivity (Wildman–Crippen MR) is 103 cm³/mol. The SMILES string of the molecule is CC(C)c1ncc(Cl)c(C(=O)N2CCC(N(C)Cc3nccc(N)n3)C2)n1. The number of carbonyl (C=O) groups is 1. The van der Waals surface area contributed by atoms with Crippen LogP contribution in [-0.2, 0) is 6.54 Å². The molecule has 2 N–H and O–H groups in total. The predicted octanol–water partition coefficient (Wildman–Crippen LogP) is 1.97. The summed E-state index contributed by atoms with van der Waals surface area (Å²) in [5.74, 6) is 1.72. The van der Waals surface area contributed by atoms with Crippen LogP contribution in [0.2, 0.25) is 5.02 Å². The molecule has 2 aromatic rings. The largest absolute Gasteiger partial charge is 0.384 e. The van der Waals surface area contributed by atoms with E-state index in [0.717, 1.165) is 6.42 Å². The molecule has 9 heteroatoms. The summed E-state index contributed by atoms with van der Waals surface area (Å²) in [7, 11) is 2.00. The molecule has 1 aliphatic rings. The molecule has 1 aliphatic heterocycles. The van der Waals surface area contributed by atoms with E-state index in [9.17, 15) is 4.79 Å².